The first kappa shape index (κ1) is 16.8. The maximum absolute atomic E-state index is 13.0. The number of anilines is 1. The predicted octanol–water partition coefficient (Wildman–Crippen LogP) is 3.60. The molecule has 0 aliphatic rings. The van der Waals surface area contributed by atoms with E-state index in [9.17, 15) is 9.18 Å². The van der Waals surface area contributed by atoms with Gasteiger partial charge in [0.05, 0.1) is 12.2 Å². The van der Waals surface area contributed by atoms with E-state index in [4.69, 9.17) is 0 Å². The third kappa shape index (κ3) is 4.73. The highest BCUT2D eigenvalue weighted by Gasteiger charge is 2.12. The highest BCUT2D eigenvalue weighted by molar-refractivity contribution is 5.90. The van der Waals surface area contributed by atoms with Crippen molar-refractivity contribution in [3.63, 3.8) is 0 Å². The summed E-state index contributed by atoms with van der Waals surface area (Å²) in [7, 11) is 0. The van der Waals surface area contributed by atoms with Gasteiger partial charge in [-0.3, -0.25) is 14.5 Å². The van der Waals surface area contributed by atoms with Crippen molar-refractivity contribution in [2.45, 2.75) is 25.8 Å². The van der Waals surface area contributed by atoms with E-state index >= 15 is 0 Å². The van der Waals surface area contributed by atoms with E-state index in [1.807, 2.05) is 25.1 Å². The molecular weight excluding hydrogens is 319 g/mol. The summed E-state index contributed by atoms with van der Waals surface area (Å²) in [4.78, 5) is 16.4. The van der Waals surface area contributed by atoms with E-state index < -0.39 is 0 Å². The Labute approximate surface area is 145 Å². The number of hydrogen-bond donors (Lipinski definition) is 1. The van der Waals surface area contributed by atoms with E-state index in [0.717, 1.165) is 11.3 Å². The normalized spacial score (nSPS) is 11.9. The second-order valence-electron chi connectivity index (χ2n) is 5.92. The number of halogens is 1. The van der Waals surface area contributed by atoms with Gasteiger partial charge in [-0.15, -0.1) is 0 Å². The molecule has 0 aliphatic carbocycles. The van der Waals surface area contributed by atoms with Crippen LogP contribution in [0.25, 0.3) is 0 Å². The lowest BCUT2D eigenvalue weighted by molar-refractivity contribution is -0.116. The Bertz CT molecular complexity index is 830. The molecule has 1 unspecified atom stereocenters. The monoisotopic (exact) mass is 338 g/mol. The van der Waals surface area contributed by atoms with Crippen LogP contribution >= 0.6 is 0 Å². The van der Waals surface area contributed by atoms with Gasteiger partial charge in [-0.2, -0.15) is 5.10 Å². The fourth-order valence-electron chi connectivity index (χ4n) is 2.56. The summed E-state index contributed by atoms with van der Waals surface area (Å²) in [6.45, 7) is 2.48. The first-order valence-corrected chi connectivity index (χ1v) is 8.09. The van der Waals surface area contributed by atoms with Crippen molar-refractivity contribution < 1.29 is 9.18 Å². The molecule has 0 saturated carbocycles. The largest absolute Gasteiger partial charge is 0.309 e. The zero-order valence-electron chi connectivity index (χ0n) is 13.9. The minimum atomic E-state index is -0.279. The van der Waals surface area contributed by atoms with Crippen molar-refractivity contribution in [2.75, 3.05) is 5.32 Å². The molecule has 0 fully saturated rings. The van der Waals surface area contributed by atoms with E-state index in [-0.39, 0.29) is 17.6 Å². The van der Waals surface area contributed by atoms with Gasteiger partial charge in [0.25, 0.3) is 0 Å². The highest BCUT2D eigenvalue weighted by atomic mass is 19.1. The molecular formula is C19H19FN4O. The summed E-state index contributed by atoms with van der Waals surface area (Å²) in [5.74, 6) is 0.0993. The van der Waals surface area contributed by atoms with Crippen LogP contribution in [-0.2, 0) is 11.3 Å². The second-order valence-corrected chi connectivity index (χ2v) is 5.92. The molecule has 5 nitrogen and oxygen atoms in total. The molecule has 0 bridgehead atoms. The molecule has 2 heterocycles. The average Bonchev–Trinajstić information content (AvgIpc) is 3.03. The topological polar surface area (TPSA) is 59.8 Å². The van der Waals surface area contributed by atoms with Gasteiger partial charge < -0.3 is 5.32 Å². The number of benzene rings is 1. The minimum Gasteiger partial charge on any atom is -0.309 e. The van der Waals surface area contributed by atoms with Gasteiger partial charge in [0, 0.05) is 24.9 Å². The summed E-state index contributed by atoms with van der Waals surface area (Å²) < 4.78 is 14.7. The van der Waals surface area contributed by atoms with Crippen molar-refractivity contribution >= 4 is 11.7 Å². The maximum atomic E-state index is 13.0. The predicted molar refractivity (Wildman–Crippen MR) is 93.6 cm³/mol. The molecule has 0 saturated heterocycles. The van der Waals surface area contributed by atoms with Gasteiger partial charge in [-0.05, 0) is 35.7 Å². The summed E-state index contributed by atoms with van der Waals surface area (Å²) in [6, 6.07) is 13.7. The quantitative estimate of drug-likeness (QED) is 0.747. The van der Waals surface area contributed by atoms with Crippen LogP contribution in [0.3, 0.4) is 0 Å². The first-order valence-electron chi connectivity index (χ1n) is 8.09. The van der Waals surface area contributed by atoms with Gasteiger partial charge in [0.1, 0.15) is 5.82 Å². The van der Waals surface area contributed by atoms with Crippen LogP contribution in [-0.4, -0.2) is 20.7 Å². The Kier molecular flexibility index (Phi) is 5.18. The number of rotatable bonds is 6. The summed E-state index contributed by atoms with van der Waals surface area (Å²) in [5.41, 5.74) is 1.82. The molecule has 1 amide bonds. The molecule has 1 N–H and O–H groups in total. The second kappa shape index (κ2) is 7.70. The van der Waals surface area contributed by atoms with Gasteiger partial charge in [-0.1, -0.05) is 25.1 Å². The lowest BCUT2D eigenvalue weighted by atomic mass is 9.97. The Morgan fingerprint density at radius 2 is 2.00 bits per heavy atom. The third-order valence-corrected chi connectivity index (χ3v) is 3.89. The lowest BCUT2D eigenvalue weighted by Crippen LogP contribution is -2.15. The van der Waals surface area contributed by atoms with Crippen LogP contribution in [0.2, 0.25) is 0 Å². The molecule has 0 spiro atoms. The van der Waals surface area contributed by atoms with E-state index in [0.29, 0.717) is 18.8 Å². The van der Waals surface area contributed by atoms with Crippen molar-refractivity contribution in [1.82, 2.24) is 14.8 Å². The van der Waals surface area contributed by atoms with Crippen LogP contribution in [0.5, 0.6) is 0 Å². The molecule has 0 aliphatic heterocycles. The SMILES string of the molecule is CC(CC(=O)Nc1ccn(Cc2ccccn2)n1)c1ccc(F)cc1. The fraction of sp³-hybridized carbons (Fsp3) is 0.211. The third-order valence-electron chi connectivity index (χ3n) is 3.89. The minimum absolute atomic E-state index is 0.00351. The first-order chi connectivity index (χ1) is 12.1. The highest BCUT2D eigenvalue weighted by Crippen LogP contribution is 2.20. The van der Waals surface area contributed by atoms with E-state index in [2.05, 4.69) is 15.4 Å². The van der Waals surface area contributed by atoms with Gasteiger partial charge in [0.15, 0.2) is 5.82 Å². The number of aromatic nitrogens is 3. The van der Waals surface area contributed by atoms with Gasteiger partial charge in [0.2, 0.25) is 5.91 Å². The molecule has 0 radical (unpaired) electrons. The molecule has 3 aromatic rings. The number of carbonyl (C=O) groups is 1. The Morgan fingerprint density at radius 1 is 1.20 bits per heavy atom. The molecule has 2 aromatic heterocycles. The number of nitrogens with one attached hydrogen (secondary N) is 1. The Morgan fingerprint density at radius 3 is 2.72 bits per heavy atom. The van der Waals surface area contributed by atoms with Crippen molar-refractivity contribution in [1.29, 1.82) is 0 Å². The van der Waals surface area contributed by atoms with Crippen molar-refractivity contribution in [3.05, 3.63) is 78.0 Å². The fourth-order valence-corrected chi connectivity index (χ4v) is 2.56. The zero-order chi connectivity index (χ0) is 17.6. The average molecular weight is 338 g/mol. The molecule has 25 heavy (non-hydrogen) atoms. The van der Waals surface area contributed by atoms with E-state index in [1.165, 1.54) is 12.1 Å². The van der Waals surface area contributed by atoms with Crippen LogP contribution < -0.4 is 5.32 Å². The van der Waals surface area contributed by atoms with Gasteiger partial charge >= 0.3 is 0 Å². The number of pyridine rings is 1. The number of carbonyl (C=O) groups excluding carboxylic acids is 1. The summed E-state index contributed by atoms with van der Waals surface area (Å²) >= 11 is 0. The summed E-state index contributed by atoms with van der Waals surface area (Å²) in [5, 5.41) is 7.13. The molecule has 3 rings (SSSR count). The lowest BCUT2D eigenvalue weighted by Gasteiger charge is -2.11. The Hall–Kier alpha value is -3.02. The maximum Gasteiger partial charge on any atom is 0.226 e. The number of nitrogens with zero attached hydrogens (tertiary/aromatic N) is 3. The molecule has 6 heteroatoms. The molecule has 1 atom stereocenters. The number of hydrogen-bond acceptors (Lipinski definition) is 3. The molecule has 128 valence electrons. The summed E-state index contributed by atoms with van der Waals surface area (Å²) in [6.07, 6.45) is 3.84. The van der Waals surface area contributed by atoms with Crippen LogP contribution in [0.1, 0.15) is 30.5 Å². The van der Waals surface area contributed by atoms with Crippen molar-refractivity contribution in [3.8, 4) is 0 Å². The molecule has 1 aromatic carbocycles. The Balaban J connectivity index is 1.55. The standard InChI is InChI=1S/C19H19FN4O/c1-14(15-5-7-16(20)8-6-15)12-19(25)22-18-9-11-24(23-18)13-17-4-2-3-10-21-17/h2-11,14H,12-13H2,1H3,(H,22,23,25). The van der Waals surface area contributed by atoms with Crippen LogP contribution in [0.4, 0.5) is 10.2 Å². The zero-order valence-corrected chi connectivity index (χ0v) is 13.9. The smallest absolute Gasteiger partial charge is 0.226 e. The van der Waals surface area contributed by atoms with Crippen molar-refractivity contribution in [2.24, 2.45) is 0 Å². The number of amides is 1. The van der Waals surface area contributed by atoms with Crippen LogP contribution in [0.15, 0.2) is 60.9 Å². The van der Waals surface area contributed by atoms with Crippen LogP contribution in [0, 0.1) is 5.82 Å². The van der Waals surface area contributed by atoms with Gasteiger partial charge in [-0.25, -0.2) is 4.39 Å². The van der Waals surface area contributed by atoms with E-state index in [1.54, 1.807) is 35.3 Å².